The molecule has 1 heterocycles. The summed E-state index contributed by atoms with van der Waals surface area (Å²) in [6, 6.07) is 23.7. The summed E-state index contributed by atoms with van der Waals surface area (Å²) < 4.78 is 15.7. The van der Waals surface area contributed by atoms with Crippen molar-refractivity contribution in [2.24, 2.45) is 0 Å². The molecule has 0 saturated heterocycles. The Labute approximate surface area is 190 Å². The molecule has 166 valence electrons. The zero-order valence-corrected chi connectivity index (χ0v) is 17.8. The molecular weight excluding hydrogens is 422 g/mol. The average molecular weight is 443 g/mol. The van der Waals surface area contributed by atoms with Gasteiger partial charge in [-0.3, -0.25) is 4.79 Å². The van der Waals surface area contributed by atoms with E-state index in [1.165, 1.54) is 0 Å². The van der Waals surface area contributed by atoms with E-state index in [9.17, 15) is 9.59 Å². The van der Waals surface area contributed by atoms with Crippen LogP contribution in [0.15, 0.2) is 89.5 Å². The van der Waals surface area contributed by atoms with Crippen LogP contribution < -0.4 is 10.1 Å². The number of nitrogens with zero attached hydrogens (tertiary/aromatic N) is 2. The highest BCUT2D eigenvalue weighted by molar-refractivity contribution is 5.97. The number of nitrogens with one attached hydrogen (secondary N) is 1. The van der Waals surface area contributed by atoms with E-state index >= 15 is 0 Å². The second-order valence-electron chi connectivity index (χ2n) is 7.03. The first-order valence-corrected chi connectivity index (χ1v) is 10.2. The molecule has 0 radical (unpaired) electrons. The van der Waals surface area contributed by atoms with E-state index in [1.54, 1.807) is 79.9 Å². The average Bonchev–Trinajstić information content (AvgIpc) is 3.36. The van der Waals surface area contributed by atoms with Gasteiger partial charge >= 0.3 is 5.97 Å². The molecule has 1 atom stereocenters. The van der Waals surface area contributed by atoms with Crippen molar-refractivity contribution < 1.29 is 23.6 Å². The maximum atomic E-state index is 12.9. The maximum absolute atomic E-state index is 12.9. The van der Waals surface area contributed by atoms with E-state index in [1.807, 2.05) is 12.1 Å². The summed E-state index contributed by atoms with van der Waals surface area (Å²) in [5.41, 5.74) is 1.76. The van der Waals surface area contributed by atoms with Gasteiger partial charge in [-0.05, 0) is 42.0 Å². The van der Waals surface area contributed by atoms with E-state index in [-0.39, 0.29) is 18.4 Å². The molecule has 4 aromatic rings. The number of hydrogen-bond acceptors (Lipinski definition) is 7. The highest BCUT2D eigenvalue weighted by atomic mass is 16.6. The van der Waals surface area contributed by atoms with Gasteiger partial charge in [-0.2, -0.15) is 4.98 Å². The third-order valence-electron chi connectivity index (χ3n) is 4.83. The zero-order chi connectivity index (χ0) is 23.0. The van der Waals surface area contributed by atoms with Crippen LogP contribution in [-0.2, 0) is 16.1 Å². The van der Waals surface area contributed by atoms with Gasteiger partial charge in [0.1, 0.15) is 5.75 Å². The fourth-order valence-electron chi connectivity index (χ4n) is 3.11. The van der Waals surface area contributed by atoms with Crippen LogP contribution in [0.2, 0.25) is 0 Å². The van der Waals surface area contributed by atoms with Gasteiger partial charge in [0.05, 0.1) is 7.11 Å². The second kappa shape index (κ2) is 10.2. The van der Waals surface area contributed by atoms with E-state index in [2.05, 4.69) is 15.5 Å². The number of methoxy groups -OCH3 is 1. The first-order valence-electron chi connectivity index (χ1n) is 10.2. The predicted molar refractivity (Wildman–Crippen MR) is 119 cm³/mol. The van der Waals surface area contributed by atoms with Crippen molar-refractivity contribution in [3.8, 4) is 17.1 Å². The van der Waals surface area contributed by atoms with Crippen molar-refractivity contribution in [3.63, 3.8) is 0 Å². The normalized spacial score (nSPS) is 11.4. The largest absolute Gasteiger partial charge is 0.497 e. The monoisotopic (exact) mass is 443 g/mol. The van der Waals surface area contributed by atoms with Gasteiger partial charge in [0, 0.05) is 11.1 Å². The Kier molecular flexibility index (Phi) is 6.75. The van der Waals surface area contributed by atoms with Crippen LogP contribution >= 0.6 is 0 Å². The summed E-state index contributed by atoms with van der Waals surface area (Å²) in [5, 5.41) is 6.66. The zero-order valence-electron chi connectivity index (χ0n) is 17.8. The predicted octanol–water partition coefficient (Wildman–Crippen LogP) is 3.96. The molecule has 8 nitrogen and oxygen atoms in total. The van der Waals surface area contributed by atoms with Crippen LogP contribution in [-0.4, -0.2) is 29.1 Å². The van der Waals surface area contributed by atoms with Crippen molar-refractivity contribution in [2.45, 2.75) is 12.6 Å². The molecule has 8 heteroatoms. The number of carbonyl (C=O) groups is 2. The summed E-state index contributed by atoms with van der Waals surface area (Å²) >= 11 is 0. The van der Waals surface area contributed by atoms with Gasteiger partial charge in [-0.1, -0.05) is 53.7 Å². The van der Waals surface area contributed by atoms with E-state index in [0.717, 1.165) is 5.56 Å². The standard InChI is InChI=1S/C25H21N3O5/c1-31-20-14-12-18(13-15-20)23-26-21(33-28-23)16-32-25(30)22(17-8-4-2-5-9-17)27-24(29)19-10-6-3-7-11-19/h2-15,22H,16H2,1H3,(H,27,29). The lowest BCUT2D eigenvalue weighted by Crippen LogP contribution is -2.34. The van der Waals surface area contributed by atoms with Gasteiger partial charge in [-0.15, -0.1) is 0 Å². The van der Waals surface area contributed by atoms with Crippen LogP contribution in [0.4, 0.5) is 0 Å². The fourth-order valence-corrected chi connectivity index (χ4v) is 3.11. The minimum absolute atomic E-state index is 0.135. The Hall–Kier alpha value is -4.46. The molecule has 0 aliphatic heterocycles. The summed E-state index contributed by atoms with van der Waals surface area (Å²) in [4.78, 5) is 29.8. The molecule has 1 aromatic heterocycles. The first kappa shape index (κ1) is 21.8. The van der Waals surface area contributed by atoms with Gasteiger partial charge < -0.3 is 19.3 Å². The van der Waals surface area contributed by atoms with Crippen molar-refractivity contribution in [1.29, 1.82) is 0 Å². The molecule has 0 aliphatic carbocycles. The molecule has 4 rings (SSSR count). The van der Waals surface area contributed by atoms with E-state index < -0.39 is 12.0 Å². The molecule has 0 saturated carbocycles. The lowest BCUT2D eigenvalue weighted by molar-refractivity contribution is -0.148. The number of rotatable bonds is 8. The van der Waals surface area contributed by atoms with Gasteiger partial charge in [0.25, 0.3) is 11.8 Å². The number of esters is 1. The fraction of sp³-hybridized carbons (Fsp3) is 0.120. The summed E-state index contributed by atoms with van der Waals surface area (Å²) in [5.74, 6) is 0.174. The highest BCUT2D eigenvalue weighted by Gasteiger charge is 2.25. The molecule has 0 bridgehead atoms. The van der Waals surface area contributed by atoms with E-state index in [4.69, 9.17) is 14.0 Å². The minimum atomic E-state index is -0.997. The Morgan fingerprint density at radius 3 is 2.27 bits per heavy atom. The lowest BCUT2D eigenvalue weighted by atomic mass is 10.1. The van der Waals surface area contributed by atoms with Gasteiger partial charge in [0.2, 0.25) is 5.82 Å². The van der Waals surface area contributed by atoms with Crippen molar-refractivity contribution in [1.82, 2.24) is 15.5 Å². The van der Waals surface area contributed by atoms with Crippen molar-refractivity contribution in [3.05, 3.63) is 102 Å². The molecule has 1 unspecified atom stereocenters. The molecule has 0 fully saturated rings. The number of ether oxygens (including phenoxy) is 2. The maximum Gasteiger partial charge on any atom is 0.333 e. The quantitative estimate of drug-likeness (QED) is 0.411. The Bertz CT molecular complexity index is 1210. The molecule has 3 aromatic carbocycles. The highest BCUT2D eigenvalue weighted by Crippen LogP contribution is 2.21. The third kappa shape index (κ3) is 5.43. The number of amides is 1. The number of carbonyl (C=O) groups excluding carboxylic acids is 2. The second-order valence-corrected chi connectivity index (χ2v) is 7.03. The molecule has 1 amide bonds. The van der Waals surface area contributed by atoms with Crippen LogP contribution in [0.1, 0.15) is 27.9 Å². The van der Waals surface area contributed by atoms with E-state index in [0.29, 0.717) is 22.7 Å². The number of aromatic nitrogens is 2. The van der Waals surface area contributed by atoms with Gasteiger partial charge in [0.15, 0.2) is 12.6 Å². The third-order valence-corrected chi connectivity index (χ3v) is 4.83. The van der Waals surface area contributed by atoms with Crippen LogP contribution in [0.3, 0.4) is 0 Å². The topological polar surface area (TPSA) is 104 Å². The van der Waals surface area contributed by atoms with Gasteiger partial charge in [-0.25, -0.2) is 4.79 Å². The smallest absolute Gasteiger partial charge is 0.333 e. The number of hydrogen-bond donors (Lipinski definition) is 1. The Balaban J connectivity index is 1.45. The van der Waals surface area contributed by atoms with Crippen molar-refractivity contribution >= 4 is 11.9 Å². The van der Waals surface area contributed by atoms with Crippen LogP contribution in [0.5, 0.6) is 5.75 Å². The molecule has 0 spiro atoms. The first-order chi connectivity index (χ1) is 16.1. The lowest BCUT2D eigenvalue weighted by Gasteiger charge is -2.17. The molecule has 1 N–H and O–H groups in total. The minimum Gasteiger partial charge on any atom is -0.497 e. The summed E-state index contributed by atoms with van der Waals surface area (Å²) in [7, 11) is 1.58. The van der Waals surface area contributed by atoms with Crippen LogP contribution in [0, 0.1) is 0 Å². The SMILES string of the molecule is COc1ccc(-c2noc(COC(=O)C(NC(=O)c3ccccc3)c3ccccc3)n2)cc1. The molecule has 0 aliphatic rings. The molecule has 33 heavy (non-hydrogen) atoms. The van der Waals surface area contributed by atoms with Crippen molar-refractivity contribution in [2.75, 3.05) is 7.11 Å². The molecular formula is C25H21N3O5. The van der Waals surface area contributed by atoms with Crippen LogP contribution in [0.25, 0.3) is 11.4 Å². The summed E-state index contributed by atoms with van der Waals surface area (Å²) in [6.07, 6.45) is 0. The Morgan fingerprint density at radius 1 is 0.939 bits per heavy atom. The number of benzene rings is 3. The Morgan fingerprint density at radius 2 is 1.61 bits per heavy atom. The summed E-state index contributed by atoms with van der Waals surface area (Å²) in [6.45, 7) is -0.230.